The number of amides is 1. The first-order valence-corrected chi connectivity index (χ1v) is 7.75. The quantitative estimate of drug-likeness (QED) is 0.879. The molecular formula is C14H18BrClN2O. The molecule has 0 aromatic heterocycles. The minimum atomic E-state index is -0.145. The van der Waals surface area contributed by atoms with E-state index < -0.39 is 0 Å². The van der Waals surface area contributed by atoms with Gasteiger partial charge in [0.15, 0.2) is 0 Å². The Morgan fingerprint density at radius 1 is 1.47 bits per heavy atom. The van der Waals surface area contributed by atoms with Crippen molar-refractivity contribution in [2.75, 3.05) is 6.54 Å². The van der Waals surface area contributed by atoms with Gasteiger partial charge in [0.25, 0.3) is 5.91 Å². The van der Waals surface area contributed by atoms with Crippen LogP contribution in [0.15, 0.2) is 22.7 Å². The molecule has 1 fully saturated rings. The van der Waals surface area contributed by atoms with E-state index in [1.54, 1.807) is 12.1 Å². The lowest BCUT2D eigenvalue weighted by molar-refractivity contribution is 0.0924. The molecular weight excluding hydrogens is 328 g/mol. The van der Waals surface area contributed by atoms with Crippen molar-refractivity contribution < 1.29 is 4.79 Å². The molecule has 2 rings (SSSR count). The van der Waals surface area contributed by atoms with Crippen molar-refractivity contribution in [3.8, 4) is 0 Å². The van der Waals surface area contributed by atoms with E-state index in [1.165, 1.54) is 12.8 Å². The maximum atomic E-state index is 12.3. The molecule has 1 amide bonds. The molecule has 0 aliphatic heterocycles. The van der Waals surface area contributed by atoms with E-state index in [0.717, 1.165) is 17.3 Å². The summed E-state index contributed by atoms with van der Waals surface area (Å²) in [6.07, 6.45) is 4.76. The van der Waals surface area contributed by atoms with E-state index in [2.05, 4.69) is 21.2 Å². The number of nitrogens with one attached hydrogen (secondary N) is 1. The summed E-state index contributed by atoms with van der Waals surface area (Å²) in [6, 6.07) is 5.31. The van der Waals surface area contributed by atoms with Crippen LogP contribution < -0.4 is 11.1 Å². The molecule has 1 atom stereocenters. The van der Waals surface area contributed by atoms with Crippen LogP contribution in [0, 0.1) is 5.92 Å². The summed E-state index contributed by atoms with van der Waals surface area (Å²) in [5.74, 6) is 0.355. The molecule has 1 unspecified atom stereocenters. The second-order valence-corrected chi connectivity index (χ2v) is 6.31. The molecule has 1 aromatic rings. The van der Waals surface area contributed by atoms with Crippen LogP contribution in [0.5, 0.6) is 0 Å². The molecule has 1 saturated carbocycles. The highest BCUT2D eigenvalue weighted by Gasteiger charge is 2.26. The highest BCUT2D eigenvalue weighted by atomic mass is 79.9. The Morgan fingerprint density at radius 3 is 2.79 bits per heavy atom. The van der Waals surface area contributed by atoms with Gasteiger partial charge in [-0.2, -0.15) is 0 Å². The van der Waals surface area contributed by atoms with Crippen LogP contribution in [0.2, 0.25) is 5.02 Å². The lowest BCUT2D eigenvalue weighted by atomic mass is 9.98. The van der Waals surface area contributed by atoms with E-state index in [4.69, 9.17) is 17.3 Å². The lowest BCUT2D eigenvalue weighted by Crippen LogP contribution is -2.44. The maximum absolute atomic E-state index is 12.3. The standard InChI is InChI=1S/C14H18BrClN2O/c15-10-5-6-12(16)11(7-10)14(19)18-13(8-17)9-3-1-2-4-9/h5-7,9,13H,1-4,8,17H2,(H,18,19). The van der Waals surface area contributed by atoms with Crippen molar-refractivity contribution >= 4 is 33.4 Å². The molecule has 3 N–H and O–H groups in total. The minimum Gasteiger partial charge on any atom is -0.348 e. The van der Waals surface area contributed by atoms with Crippen LogP contribution in [-0.2, 0) is 0 Å². The molecule has 0 spiro atoms. The number of carbonyl (C=O) groups is 1. The number of benzene rings is 1. The highest BCUT2D eigenvalue weighted by molar-refractivity contribution is 9.10. The molecule has 19 heavy (non-hydrogen) atoms. The predicted octanol–water partition coefficient (Wildman–Crippen LogP) is 3.35. The van der Waals surface area contributed by atoms with Gasteiger partial charge in [-0.25, -0.2) is 0 Å². The van der Waals surface area contributed by atoms with E-state index in [0.29, 0.717) is 23.0 Å². The molecule has 1 aliphatic carbocycles. The lowest BCUT2D eigenvalue weighted by Gasteiger charge is -2.23. The van der Waals surface area contributed by atoms with Crippen LogP contribution in [0.25, 0.3) is 0 Å². The average molecular weight is 346 g/mol. The molecule has 0 radical (unpaired) electrons. The zero-order chi connectivity index (χ0) is 13.8. The van der Waals surface area contributed by atoms with E-state index in [-0.39, 0.29) is 11.9 Å². The molecule has 3 nitrogen and oxygen atoms in total. The first kappa shape index (κ1) is 14.8. The predicted molar refractivity (Wildman–Crippen MR) is 81.4 cm³/mol. The Hall–Kier alpha value is -0.580. The maximum Gasteiger partial charge on any atom is 0.253 e. The summed E-state index contributed by atoms with van der Waals surface area (Å²) in [5.41, 5.74) is 6.28. The van der Waals surface area contributed by atoms with E-state index in [1.807, 2.05) is 6.07 Å². The van der Waals surface area contributed by atoms with Gasteiger partial charge < -0.3 is 11.1 Å². The summed E-state index contributed by atoms with van der Waals surface area (Å²) >= 11 is 9.42. The molecule has 104 valence electrons. The zero-order valence-corrected chi connectivity index (χ0v) is 13.0. The third-order valence-corrected chi connectivity index (χ3v) is 4.54. The first-order chi connectivity index (χ1) is 9.11. The topological polar surface area (TPSA) is 55.1 Å². The molecule has 1 aliphatic rings. The second-order valence-electron chi connectivity index (χ2n) is 4.98. The molecule has 0 saturated heterocycles. The summed E-state index contributed by atoms with van der Waals surface area (Å²) in [5, 5.41) is 3.48. The fraction of sp³-hybridized carbons (Fsp3) is 0.500. The van der Waals surface area contributed by atoms with Gasteiger partial charge in [0.1, 0.15) is 0 Å². The fourth-order valence-electron chi connectivity index (χ4n) is 2.65. The Morgan fingerprint density at radius 2 is 2.16 bits per heavy atom. The van der Waals surface area contributed by atoms with Crippen molar-refractivity contribution in [1.82, 2.24) is 5.32 Å². The van der Waals surface area contributed by atoms with Crippen molar-refractivity contribution in [2.24, 2.45) is 11.7 Å². The third kappa shape index (κ3) is 3.71. The monoisotopic (exact) mass is 344 g/mol. The van der Waals surface area contributed by atoms with Gasteiger partial charge in [0.2, 0.25) is 0 Å². The average Bonchev–Trinajstić information content (AvgIpc) is 2.92. The van der Waals surface area contributed by atoms with Crippen LogP contribution in [0.1, 0.15) is 36.0 Å². The summed E-state index contributed by atoms with van der Waals surface area (Å²) in [7, 11) is 0. The minimum absolute atomic E-state index is 0.0463. The third-order valence-electron chi connectivity index (χ3n) is 3.71. The summed E-state index contributed by atoms with van der Waals surface area (Å²) < 4.78 is 0.840. The van der Waals surface area contributed by atoms with Crippen LogP contribution in [0.4, 0.5) is 0 Å². The Balaban J connectivity index is 2.08. The van der Waals surface area contributed by atoms with Gasteiger partial charge in [-0.05, 0) is 37.0 Å². The Labute approximate surface area is 127 Å². The van der Waals surface area contributed by atoms with Gasteiger partial charge in [0.05, 0.1) is 10.6 Å². The number of hydrogen-bond acceptors (Lipinski definition) is 2. The van der Waals surface area contributed by atoms with E-state index >= 15 is 0 Å². The Kier molecular flexibility index (Phi) is 5.25. The number of nitrogens with two attached hydrogens (primary N) is 1. The number of halogens is 2. The van der Waals surface area contributed by atoms with Crippen molar-refractivity contribution in [3.05, 3.63) is 33.3 Å². The number of hydrogen-bond donors (Lipinski definition) is 2. The van der Waals surface area contributed by atoms with Crippen molar-refractivity contribution in [2.45, 2.75) is 31.7 Å². The molecule has 0 bridgehead atoms. The van der Waals surface area contributed by atoms with E-state index in [9.17, 15) is 4.79 Å². The molecule has 1 aromatic carbocycles. The SMILES string of the molecule is NCC(NC(=O)c1cc(Br)ccc1Cl)C1CCCC1. The normalized spacial score (nSPS) is 17.4. The Bertz CT molecular complexity index is 461. The van der Waals surface area contributed by atoms with Crippen molar-refractivity contribution in [3.63, 3.8) is 0 Å². The number of rotatable bonds is 4. The van der Waals surface area contributed by atoms with Crippen molar-refractivity contribution in [1.29, 1.82) is 0 Å². The first-order valence-electron chi connectivity index (χ1n) is 6.58. The number of carbonyl (C=O) groups excluding carboxylic acids is 1. The molecule has 5 heteroatoms. The van der Waals surface area contributed by atoms with Crippen LogP contribution in [-0.4, -0.2) is 18.5 Å². The van der Waals surface area contributed by atoms with Gasteiger partial charge in [0, 0.05) is 17.1 Å². The smallest absolute Gasteiger partial charge is 0.253 e. The van der Waals surface area contributed by atoms with Gasteiger partial charge in [-0.3, -0.25) is 4.79 Å². The largest absolute Gasteiger partial charge is 0.348 e. The highest BCUT2D eigenvalue weighted by Crippen LogP contribution is 2.28. The van der Waals surface area contributed by atoms with Gasteiger partial charge in [-0.1, -0.05) is 40.4 Å². The zero-order valence-electron chi connectivity index (χ0n) is 10.7. The van der Waals surface area contributed by atoms with Gasteiger partial charge >= 0.3 is 0 Å². The van der Waals surface area contributed by atoms with Gasteiger partial charge in [-0.15, -0.1) is 0 Å². The summed E-state index contributed by atoms with van der Waals surface area (Å²) in [6.45, 7) is 0.474. The summed E-state index contributed by atoms with van der Waals surface area (Å²) in [4.78, 5) is 12.3. The van der Waals surface area contributed by atoms with Crippen LogP contribution in [0.3, 0.4) is 0 Å². The van der Waals surface area contributed by atoms with Crippen LogP contribution >= 0.6 is 27.5 Å². The second kappa shape index (κ2) is 6.73. The fourth-order valence-corrected chi connectivity index (χ4v) is 3.21. The molecule has 0 heterocycles.